The Kier molecular flexibility index (Phi) is 5.08. The number of ether oxygens (including phenoxy) is 1. The second-order valence-electron chi connectivity index (χ2n) is 4.00. The number of anilines is 1. The van der Waals surface area contributed by atoms with Crippen LogP contribution in [0.15, 0.2) is 45.9 Å². The van der Waals surface area contributed by atoms with Crippen molar-refractivity contribution in [2.75, 3.05) is 11.3 Å². The lowest BCUT2D eigenvalue weighted by Gasteiger charge is -2.10. The molecule has 21 heavy (non-hydrogen) atoms. The number of aromatic nitrogens is 1. The van der Waals surface area contributed by atoms with E-state index in [4.69, 9.17) is 16.3 Å². The van der Waals surface area contributed by atoms with E-state index in [2.05, 4.69) is 25.6 Å². The highest BCUT2D eigenvalue weighted by Gasteiger charge is 2.18. The Morgan fingerprint density at radius 2 is 2.10 bits per heavy atom. The summed E-state index contributed by atoms with van der Waals surface area (Å²) in [6.45, 7) is 2.33. The average molecular weight is 392 g/mol. The van der Waals surface area contributed by atoms with Gasteiger partial charge in [-0.05, 0) is 31.2 Å². The number of sulfonamides is 1. The molecule has 0 amide bonds. The molecule has 0 unspecified atom stereocenters. The molecule has 1 heterocycles. The summed E-state index contributed by atoms with van der Waals surface area (Å²) in [5.41, 5.74) is 0.331. The summed E-state index contributed by atoms with van der Waals surface area (Å²) < 4.78 is 32.9. The van der Waals surface area contributed by atoms with Gasteiger partial charge in [-0.1, -0.05) is 27.5 Å². The van der Waals surface area contributed by atoms with E-state index in [1.54, 1.807) is 18.2 Å². The maximum atomic E-state index is 12.3. The molecule has 112 valence electrons. The highest BCUT2D eigenvalue weighted by Crippen LogP contribution is 2.27. The van der Waals surface area contributed by atoms with Crippen LogP contribution in [0.4, 0.5) is 5.69 Å². The van der Waals surface area contributed by atoms with Crippen LogP contribution < -0.4 is 9.46 Å². The molecule has 0 saturated heterocycles. The van der Waals surface area contributed by atoms with Crippen LogP contribution in [-0.2, 0) is 10.0 Å². The highest BCUT2D eigenvalue weighted by atomic mass is 79.9. The molecular formula is C13H12BrClN2O3S. The van der Waals surface area contributed by atoms with Gasteiger partial charge in [0.2, 0.25) is 5.88 Å². The van der Waals surface area contributed by atoms with Crippen molar-refractivity contribution in [1.29, 1.82) is 0 Å². The van der Waals surface area contributed by atoms with Gasteiger partial charge in [-0.15, -0.1) is 0 Å². The fourth-order valence-electron chi connectivity index (χ4n) is 1.58. The first-order valence-corrected chi connectivity index (χ1v) is 8.64. The molecule has 2 aromatic rings. The SMILES string of the molecule is CCOc1ccc(NS(=O)(=O)c2ccc(Br)cc2Cl)cn1. The Hall–Kier alpha value is -1.31. The van der Waals surface area contributed by atoms with Crippen LogP contribution in [-0.4, -0.2) is 20.0 Å². The van der Waals surface area contributed by atoms with E-state index < -0.39 is 10.0 Å². The first-order valence-electron chi connectivity index (χ1n) is 5.99. The second-order valence-corrected chi connectivity index (χ2v) is 6.97. The van der Waals surface area contributed by atoms with E-state index in [9.17, 15) is 8.42 Å². The van der Waals surface area contributed by atoms with Crippen LogP contribution in [0.25, 0.3) is 0 Å². The quantitative estimate of drug-likeness (QED) is 0.844. The number of nitrogens with one attached hydrogen (secondary N) is 1. The van der Waals surface area contributed by atoms with Crippen molar-refractivity contribution < 1.29 is 13.2 Å². The largest absolute Gasteiger partial charge is 0.478 e. The summed E-state index contributed by atoms with van der Waals surface area (Å²) in [5, 5.41) is 0.135. The minimum absolute atomic E-state index is 0.00116. The molecule has 0 saturated carbocycles. The maximum Gasteiger partial charge on any atom is 0.263 e. The lowest BCUT2D eigenvalue weighted by atomic mass is 10.4. The first kappa shape index (κ1) is 16.1. The second kappa shape index (κ2) is 6.64. The van der Waals surface area contributed by atoms with Crippen LogP contribution in [0, 0.1) is 0 Å². The number of pyridine rings is 1. The normalized spacial score (nSPS) is 11.2. The minimum atomic E-state index is -3.77. The Morgan fingerprint density at radius 1 is 1.33 bits per heavy atom. The monoisotopic (exact) mass is 390 g/mol. The van der Waals surface area contributed by atoms with Crippen molar-refractivity contribution in [2.24, 2.45) is 0 Å². The third-order valence-electron chi connectivity index (χ3n) is 2.46. The van der Waals surface area contributed by atoms with Gasteiger partial charge in [-0.25, -0.2) is 13.4 Å². The highest BCUT2D eigenvalue weighted by molar-refractivity contribution is 9.10. The lowest BCUT2D eigenvalue weighted by molar-refractivity contribution is 0.327. The van der Waals surface area contributed by atoms with E-state index in [1.807, 2.05) is 6.92 Å². The molecule has 0 aliphatic heterocycles. The number of hydrogen-bond donors (Lipinski definition) is 1. The Morgan fingerprint density at radius 3 is 2.67 bits per heavy atom. The third kappa shape index (κ3) is 4.09. The van der Waals surface area contributed by atoms with E-state index in [-0.39, 0.29) is 9.92 Å². The number of rotatable bonds is 5. The van der Waals surface area contributed by atoms with Gasteiger partial charge in [0.1, 0.15) is 4.90 Å². The standard InChI is InChI=1S/C13H12BrClN2O3S/c1-2-20-13-6-4-10(8-16-13)17-21(18,19)12-5-3-9(14)7-11(12)15/h3-8,17H,2H2,1H3. The molecule has 2 rings (SSSR count). The summed E-state index contributed by atoms with van der Waals surface area (Å²) in [4.78, 5) is 3.99. The van der Waals surface area contributed by atoms with E-state index in [0.717, 1.165) is 0 Å². The topological polar surface area (TPSA) is 68.3 Å². The molecule has 0 aliphatic carbocycles. The Balaban J connectivity index is 2.24. The van der Waals surface area contributed by atoms with Crippen molar-refractivity contribution in [3.63, 3.8) is 0 Å². The third-order valence-corrected chi connectivity index (χ3v) is 4.82. The van der Waals surface area contributed by atoms with Gasteiger partial charge in [0.25, 0.3) is 10.0 Å². The van der Waals surface area contributed by atoms with Gasteiger partial charge in [0.05, 0.1) is 23.5 Å². The molecule has 1 aromatic carbocycles. The van der Waals surface area contributed by atoms with Crippen molar-refractivity contribution in [3.05, 3.63) is 46.0 Å². The fraction of sp³-hybridized carbons (Fsp3) is 0.154. The summed E-state index contributed by atoms with van der Waals surface area (Å²) in [7, 11) is -3.77. The van der Waals surface area contributed by atoms with E-state index in [1.165, 1.54) is 18.3 Å². The first-order chi connectivity index (χ1) is 9.92. The molecule has 5 nitrogen and oxygen atoms in total. The van der Waals surface area contributed by atoms with Gasteiger partial charge >= 0.3 is 0 Å². The molecule has 0 aliphatic rings. The van der Waals surface area contributed by atoms with Crippen LogP contribution in [0.1, 0.15) is 6.92 Å². The van der Waals surface area contributed by atoms with E-state index >= 15 is 0 Å². The van der Waals surface area contributed by atoms with Gasteiger partial charge in [-0.2, -0.15) is 0 Å². The number of benzene rings is 1. The smallest absolute Gasteiger partial charge is 0.263 e. The van der Waals surface area contributed by atoms with Gasteiger partial charge in [0.15, 0.2) is 0 Å². The van der Waals surface area contributed by atoms with Crippen molar-refractivity contribution in [1.82, 2.24) is 4.98 Å². The Bertz CT molecular complexity index is 736. The van der Waals surface area contributed by atoms with Crippen molar-refractivity contribution in [3.8, 4) is 5.88 Å². The molecule has 0 fully saturated rings. The van der Waals surface area contributed by atoms with Gasteiger partial charge in [-0.3, -0.25) is 4.72 Å². The Labute approximate surface area is 136 Å². The maximum absolute atomic E-state index is 12.3. The molecule has 0 radical (unpaired) electrons. The van der Waals surface area contributed by atoms with Crippen molar-refractivity contribution in [2.45, 2.75) is 11.8 Å². The van der Waals surface area contributed by atoms with Gasteiger partial charge < -0.3 is 4.74 Å². The zero-order valence-electron chi connectivity index (χ0n) is 11.0. The average Bonchev–Trinajstić information content (AvgIpc) is 2.40. The minimum Gasteiger partial charge on any atom is -0.478 e. The molecule has 0 spiro atoms. The van der Waals surface area contributed by atoms with Crippen LogP contribution >= 0.6 is 27.5 Å². The molecular weight excluding hydrogens is 380 g/mol. The van der Waals surface area contributed by atoms with Crippen LogP contribution in [0.5, 0.6) is 5.88 Å². The summed E-state index contributed by atoms with van der Waals surface area (Å²) in [6.07, 6.45) is 1.38. The molecule has 1 N–H and O–H groups in total. The predicted octanol–water partition coefficient (Wildman–Crippen LogP) is 3.70. The zero-order valence-corrected chi connectivity index (χ0v) is 14.2. The number of nitrogens with zero attached hydrogens (tertiary/aromatic N) is 1. The fourth-order valence-corrected chi connectivity index (χ4v) is 3.66. The molecule has 0 bridgehead atoms. The summed E-state index contributed by atoms with van der Waals surface area (Å²) in [5.74, 6) is 0.433. The number of hydrogen-bond acceptors (Lipinski definition) is 4. The summed E-state index contributed by atoms with van der Waals surface area (Å²) in [6, 6.07) is 7.72. The number of halogens is 2. The van der Waals surface area contributed by atoms with Crippen molar-refractivity contribution >= 4 is 43.2 Å². The van der Waals surface area contributed by atoms with E-state index in [0.29, 0.717) is 22.6 Å². The molecule has 0 atom stereocenters. The molecule has 8 heteroatoms. The summed E-state index contributed by atoms with van der Waals surface area (Å²) >= 11 is 9.19. The predicted molar refractivity (Wildman–Crippen MR) is 85.4 cm³/mol. The van der Waals surface area contributed by atoms with Gasteiger partial charge in [0, 0.05) is 10.5 Å². The van der Waals surface area contributed by atoms with Crippen LogP contribution in [0.2, 0.25) is 5.02 Å². The van der Waals surface area contributed by atoms with Crippen LogP contribution in [0.3, 0.4) is 0 Å². The molecule has 1 aromatic heterocycles. The lowest BCUT2D eigenvalue weighted by Crippen LogP contribution is -2.13. The zero-order chi connectivity index (χ0) is 15.5.